The van der Waals surface area contributed by atoms with Crippen LogP contribution >= 0.6 is 0 Å². The van der Waals surface area contributed by atoms with Crippen molar-refractivity contribution in [3.63, 3.8) is 0 Å². The SMILES string of the molecule is Fc1ccc(C2CNNC2C2CCCN(Cc3cccc(F)c3F)C2)c(F)c1. The Morgan fingerprint density at radius 1 is 1.04 bits per heavy atom. The maximum atomic E-state index is 14.3. The first-order valence-corrected chi connectivity index (χ1v) is 9.61. The molecule has 0 bridgehead atoms. The quantitative estimate of drug-likeness (QED) is 0.776. The lowest BCUT2D eigenvalue weighted by atomic mass is 9.81. The number of likely N-dealkylation sites (tertiary alicyclic amines) is 1. The molecule has 2 saturated heterocycles. The van der Waals surface area contributed by atoms with Gasteiger partial charge in [0, 0.05) is 43.2 Å². The molecule has 2 aromatic rings. The van der Waals surface area contributed by atoms with E-state index in [-0.39, 0.29) is 17.9 Å². The van der Waals surface area contributed by atoms with Gasteiger partial charge in [-0.1, -0.05) is 18.2 Å². The summed E-state index contributed by atoms with van der Waals surface area (Å²) in [5.41, 5.74) is 7.20. The van der Waals surface area contributed by atoms with E-state index in [4.69, 9.17) is 0 Å². The van der Waals surface area contributed by atoms with Crippen molar-refractivity contribution in [1.29, 1.82) is 0 Å². The Balaban J connectivity index is 1.48. The van der Waals surface area contributed by atoms with Crippen molar-refractivity contribution in [2.24, 2.45) is 5.92 Å². The molecule has 2 aliphatic rings. The molecule has 2 N–H and O–H groups in total. The highest BCUT2D eigenvalue weighted by Gasteiger charge is 2.37. The van der Waals surface area contributed by atoms with Gasteiger partial charge in [-0.05, 0) is 43.0 Å². The van der Waals surface area contributed by atoms with Gasteiger partial charge in [0.1, 0.15) is 11.6 Å². The molecule has 3 unspecified atom stereocenters. The molecule has 2 fully saturated rings. The molecule has 2 heterocycles. The zero-order chi connectivity index (χ0) is 19.7. The van der Waals surface area contributed by atoms with Gasteiger partial charge in [0.15, 0.2) is 11.6 Å². The standard InChI is InChI=1S/C21H23F4N3/c22-15-6-7-16(19(24)9-15)17-10-26-27-21(17)14-4-2-8-28(12-14)11-13-3-1-5-18(23)20(13)25/h1,3,5-7,9,14,17,21,26-27H,2,4,8,10-12H2. The van der Waals surface area contributed by atoms with Crippen LogP contribution in [-0.4, -0.2) is 30.6 Å². The molecule has 0 radical (unpaired) electrons. The van der Waals surface area contributed by atoms with E-state index in [1.165, 1.54) is 18.2 Å². The molecule has 0 aromatic heterocycles. The van der Waals surface area contributed by atoms with Crippen LogP contribution in [0.1, 0.15) is 29.9 Å². The van der Waals surface area contributed by atoms with Crippen LogP contribution in [0.15, 0.2) is 36.4 Å². The number of nitrogens with one attached hydrogen (secondary N) is 2. The molecule has 0 aliphatic carbocycles. The van der Waals surface area contributed by atoms with Gasteiger partial charge < -0.3 is 0 Å². The number of hydrazine groups is 1. The Morgan fingerprint density at radius 2 is 1.89 bits per heavy atom. The van der Waals surface area contributed by atoms with Crippen LogP contribution < -0.4 is 10.9 Å². The first-order valence-electron chi connectivity index (χ1n) is 9.61. The van der Waals surface area contributed by atoms with Crippen molar-refractivity contribution in [3.8, 4) is 0 Å². The Hall–Kier alpha value is -1.96. The summed E-state index contributed by atoms with van der Waals surface area (Å²) in [6.45, 7) is 2.41. The number of halogens is 4. The van der Waals surface area contributed by atoms with Crippen molar-refractivity contribution in [1.82, 2.24) is 15.8 Å². The highest BCUT2D eigenvalue weighted by Crippen LogP contribution is 2.33. The smallest absolute Gasteiger partial charge is 0.163 e. The lowest BCUT2D eigenvalue weighted by Crippen LogP contribution is -2.46. The average molecular weight is 393 g/mol. The second-order valence-corrected chi connectivity index (χ2v) is 7.67. The Bertz CT molecular complexity index is 844. The van der Waals surface area contributed by atoms with Crippen molar-refractivity contribution in [2.45, 2.75) is 31.3 Å². The summed E-state index contributed by atoms with van der Waals surface area (Å²) in [4.78, 5) is 2.12. The molecule has 4 rings (SSSR count). The Kier molecular flexibility index (Phi) is 5.66. The number of benzene rings is 2. The predicted molar refractivity (Wildman–Crippen MR) is 98.4 cm³/mol. The van der Waals surface area contributed by atoms with E-state index >= 15 is 0 Å². The van der Waals surface area contributed by atoms with E-state index in [1.54, 1.807) is 6.07 Å². The lowest BCUT2D eigenvalue weighted by Gasteiger charge is -2.37. The van der Waals surface area contributed by atoms with Gasteiger partial charge >= 0.3 is 0 Å². The molecule has 0 saturated carbocycles. The van der Waals surface area contributed by atoms with Crippen molar-refractivity contribution >= 4 is 0 Å². The van der Waals surface area contributed by atoms with Gasteiger partial charge in [-0.3, -0.25) is 15.8 Å². The fourth-order valence-electron chi connectivity index (χ4n) is 4.51. The minimum Gasteiger partial charge on any atom is -0.299 e. The summed E-state index contributed by atoms with van der Waals surface area (Å²) < 4.78 is 55.1. The van der Waals surface area contributed by atoms with Crippen molar-refractivity contribution in [2.75, 3.05) is 19.6 Å². The lowest BCUT2D eigenvalue weighted by molar-refractivity contribution is 0.137. The van der Waals surface area contributed by atoms with E-state index in [0.717, 1.165) is 31.5 Å². The topological polar surface area (TPSA) is 27.3 Å². The van der Waals surface area contributed by atoms with Gasteiger partial charge in [-0.15, -0.1) is 0 Å². The summed E-state index contributed by atoms with van der Waals surface area (Å²) in [6, 6.07) is 7.95. The third kappa shape index (κ3) is 3.92. The minimum absolute atomic E-state index is 0.0138. The molecule has 0 spiro atoms. The Morgan fingerprint density at radius 3 is 2.71 bits per heavy atom. The van der Waals surface area contributed by atoms with E-state index in [0.29, 0.717) is 30.8 Å². The summed E-state index contributed by atoms with van der Waals surface area (Å²) in [5, 5.41) is 0. The molecule has 7 heteroatoms. The van der Waals surface area contributed by atoms with Gasteiger partial charge in [0.2, 0.25) is 0 Å². The van der Waals surface area contributed by atoms with E-state index in [1.807, 2.05) is 0 Å². The first-order chi connectivity index (χ1) is 13.5. The molecular weight excluding hydrogens is 370 g/mol. The van der Waals surface area contributed by atoms with Crippen LogP contribution in [0.25, 0.3) is 0 Å². The fourth-order valence-corrected chi connectivity index (χ4v) is 4.51. The summed E-state index contributed by atoms with van der Waals surface area (Å²) in [5.74, 6) is -2.64. The highest BCUT2D eigenvalue weighted by molar-refractivity contribution is 5.26. The third-order valence-electron chi connectivity index (χ3n) is 5.86. The number of piperidine rings is 1. The zero-order valence-corrected chi connectivity index (χ0v) is 15.4. The van der Waals surface area contributed by atoms with Crippen molar-refractivity contribution < 1.29 is 17.6 Å². The van der Waals surface area contributed by atoms with Gasteiger partial charge in [0.05, 0.1) is 0 Å². The first kappa shape index (κ1) is 19.4. The van der Waals surface area contributed by atoms with Crippen molar-refractivity contribution in [3.05, 3.63) is 70.8 Å². The van der Waals surface area contributed by atoms with Crippen LogP contribution in [0.3, 0.4) is 0 Å². The monoisotopic (exact) mass is 393 g/mol. The molecule has 3 nitrogen and oxygen atoms in total. The second kappa shape index (κ2) is 8.19. The predicted octanol–water partition coefficient (Wildman–Crippen LogP) is 3.72. The number of nitrogens with zero attached hydrogens (tertiary/aromatic N) is 1. The number of hydrogen-bond donors (Lipinski definition) is 2. The maximum absolute atomic E-state index is 14.3. The normalized spacial score (nSPS) is 25.9. The van der Waals surface area contributed by atoms with E-state index in [9.17, 15) is 17.6 Å². The molecule has 28 heavy (non-hydrogen) atoms. The largest absolute Gasteiger partial charge is 0.299 e. The molecule has 3 atom stereocenters. The Labute approximate surface area is 161 Å². The van der Waals surface area contributed by atoms with Crippen LogP contribution in [0.4, 0.5) is 17.6 Å². The zero-order valence-electron chi connectivity index (χ0n) is 15.4. The number of rotatable bonds is 4. The van der Waals surface area contributed by atoms with E-state index < -0.39 is 23.3 Å². The molecule has 2 aliphatic heterocycles. The average Bonchev–Trinajstić information content (AvgIpc) is 3.15. The third-order valence-corrected chi connectivity index (χ3v) is 5.86. The van der Waals surface area contributed by atoms with Crippen LogP contribution in [0.5, 0.6) is 0 Å². The second-order valence-electron chi connectivity index (χ2n) is 7.67. The number of hydrogen-bond acceptors (Lipinski definition) is 3. The van der Waals surface area contributed by atoms with Crippen LogP contribution in [0.2, 0.25) is 0 Å². The molecule has 2 aromatic carbocycles. The fraction of sp³-hybridized carbons (Fsp3) is 0.429. The summed E-state index contributed by atoms with van der Waals surface area (Å²) in [7, 11) is 0. The minimum atomic E-state index is -0.834. The molecular formula is C21H23F4N3. The van der Waals surface area contributed by atoms with Gasteiger partial charge in [-0.2, -0.15) is 0 Å². The summed E-state index contributed by atoms with van der Waals surface area (Å²) in [6.07, 6.45) is 1.89. The van der Waals surface area contributed by atoms with Gasteiger partial charge in [-0.25, -0.2) is 17.6 Å². The van der Waals surface area contributed by atoms with E-state index in [2.05, 4.69) is 15.8 Å². The molecule has 150 valence electrons. The summed E-state index contributed by atoms with van der Waals surface area (Å²) >= 11 is 0. The maximum Gasteiger partial charge on any atom is 0.163 e. The highest BCUT2D eigenvalue weighted by atomic mass is 19.2. The van der Waals surface area contributed by atoms with Crippen LogP contribution in [0, 0.1) is 29.2 Å². The van der Waals surface area contributed by atoms with Crippen LogP contribution in [-0.2, 0) is 6.54 Å². The van der Waals surface area contributed by atoms with Gasteiger partial charge in [0.25, 0.3) is 0 Å². The molecule has 0 amide bonds.